The Hall–Kier alpha value is -1.89. The van der Waals surface area contributed by atoms with Gasteiger partial charge in [-0.1, -0.05) is 30.3 Å². The van der Waals surface area contributed by atoms with Crippen LogP contribution in [0.15, 0.2) is 59.5 Å². The average molecular weight is 321 g/mol. The molecular weight excluding hydrogens is 302 g/mol. The molecule has 0 aliphatic rings. The number of rotatable bonds is 6. The zero-order chi connectivity index (χ0) is 16.2. The van der Waals surface area contributed by atoms with Crippen LogP contribution in [-0.2, 0) is 15.6 Å². The van der Waals surface area contributed by atoms with Crippen molar-refractivity contribution in [2.24, 2.45) is 0 Å². The second-order valence-corrected chi connectivity index (χ2v) is 6.91. The third kappa shape index (κ3) is 3.85. The number of hydrogen-bond acceptors (Lipinski definition) is 4. The summed E-state index contributed by atoms with van der Waals surface area (Å²) < 4.78 is 31.9. The number of benzene rings is 2. The van der Waals surface area contributed by atoms with Crippen molar-refractivity contribution in [3.8, 4) is 5.75 Å². The summed E-state index contributed by atoms with van der Waals surface area (Å²) in [4.78, 5) is 0.122. The summed E-state index contributed by atoms with van der Waals surface area (Å²) in [6.45, 7) is 1.45. The first-order chi connectivity index (χ1) is 10.3. The highest BCUT2D eigenvalue weighted by atomic mass is 32.2. The van der Waals surface area contributed by atoms with E-state index in [-0.39, 0.29) is 11.4 Å². The maximum atomic E-state index is 12.2. The molecule has 0 saturated carbocycles. The van der Waals surface area contributed by atoms with Crippen LogP contribution in [0.3, 0.4) is 0 Å². The van der Waals surface area contributed by atoms with Gasteiger partial charge >= 0.3 is 0 Å². The predicted molar refractivity (Wildman–Crippen MR) is 84.2 cm³/mol. The summed E-state index contributed by atoms with van der Waals surface area (Å²) in [6.07, 6.45) is 0. The van der Waals surface area contributed by atoms with E-state index in [4.69, 9.17) is 4.74 Å². The van der Waals surface area contributed by atoms with Gasteiger partial charge in [-0.15, -0.1) is 0 Å². The minimum Gasteiger partial charge on any atom is -0.497 e. The molecule has 5 nitrogen and oxygen atoms in total. The Morgan fingerprint density at radius 2 is 1.68 bits per heavy atom. The average Bonchev–Trinajstić information content (AvgIpc) is 2.54. The number of methoxy groups -OCH3 is 1. The van der Waals surface area contributed by atoms with Crippen molar-refractivity contribution < 1.29 is 18.3 Å². The fourth-order valence-corrected chi connectivity index (χ4v) is 3.11. The maximum absolute atomic E-state index is 12.2. The van der Waals surface area contributed by atoms with E-state index in [1.165, 1.54) is 19.2 Å². The topological polar surface area (TPSA) is 75.6 Å². The van der Waals surface area contributed by atoms with Crippen molar-refractivity contribution in [2.45, 2.75) is 17.4 Å². The second kappa shape index (κ2) is 6.48. The van der Waals surface area contributed by atoms with E-state index in [2.05, 4.69) is 4.72 Å². The Morgan fingerprint density at radius 3 is 2.23 bits per heavy atom. The third-order valence-electron chi connectivity index (χ3n) is 3.37. The molecule has 118 valence electrons. The monoisotopic (exact) mass is 321 g/mol. The van der Waals surface area contributed by atoms with Crippen LogP contribution in [0.25, 0.3) is 0 Å². The van der Waals surface area contributed by atoms with Gasteiger partial charge in [-0.05, 0) is 36.8 Å². The smallest absolute Gasteiger partial charge is 0.240 e. The molecule has 2 rings (SSSR count). The number of hydrogen-bond donors (Lipinski definition) is 2. The highest BCUT2D eigenvalue weighted by Crippen LogP contribution is 2.21. The molecule has 0 amide bonds. The molecule has 0 saturated heterocycles. The van der Waals surface area contributed by atoms with Gasteiger partial charge in [0.05, 0.1) is 12.0 Å². The minimum absolute atomic E-state index is 0.120. The van der Waals surface area contributed by atoms with Gasteiger partial charge in [0.25, 0.3) is 0 Å². The quantitative estimate of drug-likeness (QED) is 0.852. The minimum atomic E-state index is -3.69. The van der Waals surface area contributed by atoms with Gasteiger partial charge in [-0.2, -0.15) is 0 Å². The standard InChI is InChI=1S/C16H19NO4S/c1-16(18,13-6-4-3-5-7-13)12-17-22(19,20)15-10-8-14(21-2)9-11-15/h3-11,17-18H,12H2,1-2H3. The van der Waals surface area contributed by atoms with Crippen molar-refractivity contribution in [1.29, 1.82) is 0 Å². The van der Waals surface area contributed by atoms with E-state index in [0.29, 0.717) is 11.3 Å². The Bertz CT molecular complexity index is 710. The molecule has 0 aliphatic carbocycles. The van der Waals surface area contributed by atoms with Gasteiger partial charge < -0.3 is 9.84 Å². The molecule has 0 bridgehead atoms. The maximum Gasteiger partial charge on any atom is 0.240 e. The van der Waals surface area contributed by atoms with Crippen LogP contribution >= 0.6 is 0 Å². The fraction of sp³-hybridized carbons (Fsp3) is 0.250. The Balaban J connectivity index is 2.12. The van der Waals surface area contributed by atoms with Crippen LogP contribution in [0, 0.1) is 0 Å². The van der Waals surface area contributed by atoms with Gasteiger partial charge in [0.1, 0.15) is 11.4 Å². The summed E-state index contributed by atoms with van der Waals surface area (Å²) in [5.74, 6) is 0.579. The molecule has 6 heteroatoms. The van der Waals surface area contributed by atoms with Crippen LogP contribution in [0.1, 0.15) is 12.5 Å². The van der Waals surface area contributed by atoms with Crippen LogP contribution in [-0.4, -0.2) is 27.2 Å². The third-order valence-corrected chi connectivity index (χ3v) is 4.79. The first kappa shape index (κ1) is 16.5. The molecule has 0 spiro atoms. The molecule has 22 heavy (non-hydrogen) atoms. The van der Waals surface area contributed by atoms with Crippen molar-refractivity contribution in [1.82, 2.24) is 4.72 Å². The summed E-state index contributed by atoms with van der Waals surface area (Å²) in [5, 5.41) is 10.4. The second-order valence-electron chi connectivity index (χ2n) is 5.14. The predicted octanol–water partition coefficient (Wildman–Crippen LogP) is 1.88. The van der Waals surface area contributed by atoms with E-state index in [0.717, 1.165) is 0 Å². The summed E-state index contributed by atoms with van der Waals surface area (Å²) in [7, 11) is -2.18. The molecule has 0 radical (unpaired) electrons. The van der Waals surface area contributed by atoms with Crippen molar-refractivity contribution >= 4 is 10.0 Å². The van der Waals surface area contributed by atoms with Crippen molar-refractivity contribution in [2.75, 3.05) is 13.7 Å². The van der Waals surface area contributed by atoms with Crippen LogP contribution < -0.4 is 9.46 Å². The Labute approximate surface area is 130 Å². The molecule has 2 aromatic carbocycles. The molecule has 0 heterocycles. The van der Waals surface area contributed by atoms with E-state index < -0.39 is 15.6 Å². The van der Waals surface area contributed by atoms with Crippen LogP contribution in [0.4, 0.5) is 0 Å². The fourth-order valence-electron chi connectivity index (χ4n) is 1.97. The summed E-state index contributed by atoms with van der Waals surface area (Å²) in [5.41, 5.74) is -0.645. The number of aliphatic hydroxyl groups is 1. The molecule has 1 unspecified atom stereocenters. The lowest BCUT2D eigenvalue weighted by Gasteiger charge is -2.24. The highest BCUT2D eigenvalue weighted by molar-refractivity contribution is 7.89. The highest BCUT2D eigenvalue weighted by Gasteiger charge is 2.26. The van der Waals surface area contributed by atoms with Gasteiger partial charge in [0, 0.05) is 6.54 Å². The zero-order valence-corrected chi connectivity index (χ0v) is 13.3. The van der Waals surface area contributed by atoms with Crippen molar-refractivity contribution in [3.05, 3.63) is 60.2 Å². The molecule has 2 aromatic rings. The summed E-state index contributed by atoms with van der Waals surface area (Å²) in [6, 6.07) is 15.0. The number of sulfonamides is 1. The molecule has 0 aliphatic heterocycles. The van der Waals surface area contributed by atoms with Crippen LogP contribution in [0.2, 0.25) is 0 Å². The van der Waals surface area contributed by atoms with Crippen molar-refractivity contribution in [3.63, 3.8) is 0 Å². The molecular formula is C16H19NO4S. The summed E-state index contributed by atoms with van der Waals surface area (Å²) >= 11 is 0. The Morgan fingerprint density at radius 1 is 1.09 bits per heavy atom. The first-order valence-corrected chi connectivity index (χ1v) is 8.25. The normalized spacial score (nSPS) is 14.3. The van der Waals surface area contributed by atoms with Crippen LogP contribution in [0.5, 0.6) is 5.75 Å². The molecule has 1 atom stereocenters. The lowest BCUT2D eigenvalue weighted by Crippen LogP contribution is -2.38. The van der Waals surface area contributed by atoms with E-state index >= 15 is 0 Å². The van der Waals surface area contributed by atoms with Gasteiger partial charge in [-0.3, -0.25) is 0 Å². The zero-order valence-electron chi connectivity index (χ0n) is 12.5. The van der Waals surface area contributed by atoms with E-state index in [1.807, 2.05) is 6.07 Å². The lowest BCUT2D eigenvalue weighted by atomic mass is 9.97. The molecule has 2 N–H and O–H groups in total. The van der Waals surface area contributed by atoms with Gasteiger partial charge in [0.15, 0.2) is 0 Å². The SMILES string of the molecule is COc1ccc(S(=O)(=O)NCC(C)(O)c2ccccc2)cc1. The van der Waals surface area contributed by atoms with Gasteiger partial charge in [0.2, 0.25) is 10.0 Å². The Kier molecular flexibility index (Phi) is 4.85. The number of ether oxygens (including phenoxy) is 1. The number of nitrogens with one attached hydrogen (secondary N) is 1. The first-order valence-electron chi connectivity index (χ1n) is 6.77. The lowest BCUT2D eigenvalue weighted by molar-refractivity contribution is 0.0627. The molecule has 0 aromatic heterocycles. The van der Waals surface area contributed by atoms with E-state index in [9.17, 15) is 13.5 Å². The largest absolute Gasteiger partial charge is 0.497 e. The molecule has 0 fully saturated rings. The van der Waals surface area contributed by atoms with E-state index in [1.54, 1.807) is 43.3 Å². The van der Waals surface area contributed by atoms with Gasteiger partial charge in [-0.25, -0.2) is 13.1 Å².